The molecule has 0 bridgehead atoms. The van der Waals surface area contributed by atoms with Gasteiger partial charge in [-0.15, -0.1) is 0 Å². The summed E-state index contributed by atoms with van der Waals surface area (Å²) in [6, 6.07) is 13.7. The number of carboxylic acids is 1. The number of ether oxygens (including phenoxy) is 1. The molecule has 2 aromatic carbocycles. The van der Waals surface area contributed by atoms with Crippen LogP contribution in [0, 0.1) is 0 Å². The number of carboxylic acid groups (broad SMARTS) is 1. The number of aliphatic carboxylic acids is 1. The Morgan fingerprint density at radius 1 is 1.00 bits per heavy atom. The summed E-state index contributed by atoms with van der Waals surface area (Å²) in [4.78, 5) is 35.9. The molecule has 0 radical (unpaired) electrons. The first-order chi connectivity index (χ1) is 15.2. The van der Waals surface area contributed by atoms with Gasteiger partial charge in [0.2, 0.25) is 5.91 Å². The van der Waals surface area contributed by atoms with E-state index in [-0.39, 0.29) is 24.0 Å². The van der Waals surface area contributed by atoms with Gasteiger partial charge in [-0.05, 0) is 22.3 Å². The lowest BCUT2D eigenvalue weighted by Crippen LogP contribution is -2.58. The zero-order valence-corrected chi connectivity index (χ0v) is 17.8. The molecule has 2 aromatic rings. The van der Waals surface area contributed by atoms with Crippen LogP contribution in [0.4, 0.5) is 4.79 Å². The monoisotopic (exact) mass is 458 g/mol. The van der Waals surface area contributed by atoms with Crippen molar-refractivity contribution < 1.29 is 32.6 Å². The van der Waals surface area contributed by atoms with E-state index >= 15 is 0 Å². The molecule has 1 fully saturated rings. The Kier molecular flexibility index (Phi) is 5.88. The maximum Gasteiger partial charge on any atom is 0.407 e. The van der Waals surface area contributed by atoms with Crippen LogP contribution in [0.5, 0.6) is 0 Å². The van der Waals surface area contributed by atoms with Crippen molar-refractivity contribution in [1.29, 1.82) is 0 Å². The Labute approximate surface area is 184 Å². The van der Waals surface area contributed by atoms with Crippen molar-refractivity contribution in [2.24, 2.45) is 0 Å². The van der Waals surface area contributed by atoms with Gasteiger partial charge in [0, 0.05) is 5.92 Å². The van der Waals surface area contributed by atoms with Crippen LogP contribution >= 0.6 is 0 Å². The number of rotatable bonds is 7. The predicted molar refractivity (Wildman–Crippen MR) is 115 cm³/mol. The Balaban J connectivity index is 1.39. The third kappa shape index (κ3) is 4.59. The van der Waals surface area contributed by atoms with Crippen molar-refractivity contribution in [2.45, 2.75) is 24.4 Å². The maximum absolute atomic E-state index is 12.4. The summed E-state index contributed by atoms with van der Waals surface area (Å²) in [5, 5.41) is 13.8. The summed E-state index contributed by atoms with van der Waals surface area (Å²) in [5.41, 5.74) is 4.17. The lowest BCUT2D eigenvalue weighted by molar-refractivity contribution is -0.139. The number of nitrogens with one attached hydrogen (secondary N) is 2. The first kappa shape index (κ1) is 21.8. The van der Waals surface area contributed by atoms with Crippen molar-refractivity contribution in [2.75, 3.05) is 18.1 Å². The predicted octanol–water partition coefficient (Wildman–Crippen LogP) is 1.28. The van der Waals surface area contributed by atoms with Crippen LogP contribution in [-0.2, 0) is 24.2 Å². The second-order valence-corrected chi connectivity index (χ2v) is 10.1. The molecule has 2 aliphatic rings. The first-order valence-electron chi connectivity index (χ1n) is 10.1. The summed E-state index contributed by atoms with van der Waals surface area (Å²) in [5.74, 6) is -2.64. The highest BCUT2D eigenvalue weighted by Crippen LogP contribution is 2.44. The molecule has 1 atom stereocenters. The van der Waals surface area contributed by atoms with E-state index in [4.69, 9.17) is 9.84 Å². The quantitative estimate of drug-likeness (QED) is 0.568. The normalized spacial score (nSPS) is 17.4. The molecule has 1 heterocycles. The number of carbonyl (C=O) groups excluding carboxylic acids is 2. The average molecular weight is 458 g/mol. The fourth-order valence-electron chi connectivity index (χ4n) is 4.12. The Bertz CT molecular complexity index is 1120. The Morgan fingerprint density at radius 3 is 2.09 bits per heavy atom. The van der Waals surface area contributed by atoms with Crippen LogP contribution in [0.1, 0.15) is 23.5 Å². The molecule has 4 rings (SSSR count). The van der Waals surface area contributed by atoms with Gasteiger partial charge >= 0.3 is 12.1 Å². The number of amides is 2. The molecule has 168 valence electrons. The standard InChI is InChI=1S/C22H22N2O7S/c25-20(26)9-19(21(27)23-13-11-32(29,30)12-13)24-22(28)31-10-18-16-7-3-1-5-14(16)15-6-2-4-8-17(15)18/h1-8,13,18-19H,9-12H2,(H,23,27)(H,24,28)(H,25,26). The molecular weight excluding hydrogens is 436 g/mol. The molecule has 1 aliphatic carbocycles. The topological polar surface area (TPSA) is 139 Å². The number of hydrogen-bond donors (Lipinski definition) is 3. The SMILES string of the molecule is O=C(O)CC(NC(=O)OCC1c2ccccc2-c2ccccc21)C(=O)NC1CS(=O)(=O)C1. The van der Waals surface area contributed by atoms with Gasteiger partial charge in [-0.2, -0.15) is 0 Å². The third-order valence-electron chi connectivity index (χ3n) is 5.59. The third-order valence-corrected chi connectivity index (χ3v) is 7.41. The van der Waals surface area contributed by atoms with Crippen molar-refractivity contribution >= 4 is 27.8 Å². The van der Waals surface area contributed by atoms with Crippen LogP contribution in [0.25, 0.3) is 11.1 Å². The zero-order chi connectivity index (χ0) is 22.9. The van der Waals surface area contributed by atoms with E-state index in [1.54, 1.807) is 0 Å². The van der Waals surface area contributed by atoms with E-state index in [9.17, 15) is 22.8 Å². The lowest BCUT2D eigenvalue weighted by Gasteiger charge is -2.28. The van der Waals surface area contributed by atoms with E-state index in [1.807, 2.05) is 48.5 Å². The molecule has 1 saturated heterocycles. The Morgan fingerprint density at radius 2 is 1.56 bits per heavy atom. The van der Waals surface area contributed by atoms with Crippen LogP contribution in [0.3, 0.4) is 0 Å². The zero-order valence-electron chi connectivity index (χ0n) is 17.0. The molecule has 0 spiro atoms. The number of hydrogen-bond acceptors (Lipinski definition) is 6. The summed E-state index contributed by atoms with van der Waals surface area (Å²) in [6.45, 7) is 0.0160. The summed E-state index contributed by atoms with van der Waals surface area (Å²) in [7, 11) is -3.16. The molecular formula is C22H22N2O7S. The highest BCUT2D eigenvalue weighted by Gasteiger charge is 2.36. The van der Waals surface area contributed by atoms with Gasteiger partial charge in [0.1, 0.15) is 12.6 Å². The fourth-order valence-corrected chi connectivity index (χ4v) is 5.41. The molecule has 32 heavy (non-hydrogen) atoms. The minimum atomic E-state index is -3.16. The lowest BCUT2D eigenvalue weighted by atomic mass is 9.98. The molecule has 3 N–H and O–H groups in total. The summed E-state index contributed by atoms with van der Waals surface area (Å²) >= 11 is 0. The molecule has 2 amide bonds. The van der Waals surface area contributed by atoms with Gasteiger partial charge in [-0.1, -0.05) is 48.5 Å². The van der Waals surface area contributed by atoms with Crippen molar-refractivity contribution in [3.63, 3.8) is 0 Å². The van der Waals surface area contributed by atoms with Crippen molar-refractivity contribution in [1.82, 2.24) is 10.6 Å². The van der Waals surface area contributed by atoms with E-state index in [1.165, 1.54) is 0 Å². The first-order valence-corrected chi connectivity index (χ1v) is 11.9. The van der Waals surface area contributed by atoms with Gasteiger partial charge in [-0.25, -0.2) is 13.2 Å². The second kappa shape index (κ2) is 8.62. The van der Waals surface area contributed by atoms with E-state index in [0.717, 1.165) is 22.3 Å². The number of fused-ring (bicyclic) bond motifs is 3. The van der Waals surface area contributed by atoms with Gasteiger partial charge in [0.25, 0.3) is 0 Å². The number of benzene rings is 2. The molecule has 9 nitrogen and oxygen atoms in total. The van der Waals surface area contributed by atoms with E-state index in [2.05, 4.69) is 10.6 Å². The highest BCUT2D eigenvalue weighted by molar-refractivity contribution is 7.92. The molecule has 1 unspecified atom stereocenters. The molecule has 10 heteroatoms. The Hall–Kier alpha value is -3.40. The minimum Gasteiger partial charge on any atom is -0.481 e. The van der Waals surface area contributed by atoms with Crippen LogP contribution in [0.15, 0.2) is 48.5 Å². The van der Waals surface area contributed by atoms with Crippen LogP contribution < -0.4 is 10.6 Å². The summed E-state index contributed by atoms with van der Waals surface area (Å²) < 4.78 is 27.9. The van der Waals surface area contributed by atoms with Gasteiger partial charge in [-0.3, -0.25) is 9.59 Å². The fraction of sp³-hybridized carbons (Fsp3) is 0.318. The molecule has 1 aliphatic heterocycles. The van der Waals surface area contributed by atoms with Gasteiger partial charge in [0.05, 0.1) is 24.0 Å². The average Bonchev–Trinajstić information content (AvgIpc) is 3.04. The summed E-state index contributed by atoms with van der Waals surface area (Å²) in [6.07, 6.45) is -1.58. The maximum atomic E-state index is 12.4. The largest absolute Gasteiger partial charge is 0.481 e. The van der Waals surface area contributed by atoms with Crippen molar-refractivity contribution in [3.05, 3.63) is 59.7 Å². The van der Waals surface area contributed by atoms with E-state index in [0.29, 0.717) is 0 Å². The smallest absolute Gasteiger partial charge is 0.407 e. The van der Waals surface area contributed by atoms with Crippen LogP contribution in [0.2, 0.25) is 0 Å². The number of alkyl carbamates (subject to hydrolysis) is 1. The van der Waals surface area contributed by atoms with Gasteiger partial charge < -0.3 is 20.5 Å². The van der Waals surface area contributed by atoms with E-state index < -0.39 is 46.3 Å². The minimum absolute atomic E-state index is 0.0160. The molecule has 0 saturated carbocycles. The van der Waals surface area contributed by atoms with Crippen molar-refractivity contribution in [3.8, 4) is 11.1 Å². The van der Waals surface area contributed by atoms with Crippen LogP contribution in [-0.4, -0.2) is 61.7 Å². The van der Waals surface area contributed by atoms with Gasteiger partial charge in [0.15, 0.2) is 9.84 Å². The molecule has 0 aromatic heterocycles. The second-order valence-electron chi connectivity index (χ2n) is 7.90. The number of sulfone groups is 1. The number of carbonyl (C=O) groups is 3. The highest BCUT2D eigenvalue weighted by atomic mass is 32.2.